The van der Waals surface area contributed by atoms with Crippen molar-refractivity contribution in [2.45, 2.75) is 39.3 Å². The monoisotopic (exact) mass is 565 g/mol. The Labute approximate surface area is 181 Å². The van der Waals surface area contributed by atoms with Gasteiger partial charge in [-0.1, -0.05) is 0 Å². The number of ketones is 3. The molecule has 0 spiro atoms. The van der Waals surface area contributed by atoms with Gasteiger partial charge >= 0.3 is 18.5 Å². The minimum atomic E-state index is -4.81. The van der Waals surface area contributed by atoms with Crippen molar-refractivity contribution < 1.29 is 88.7 Å². The van der Waals surface area contributed by atoms with Crippen LogP contribution in [0.15, 0.2) is 35.5 Å². The van der Waals surface area contributed by atoms with E-state index in [0.29, 0.717) is 0 Å². The fourth-order valence-corrected chi connectivity index (χ4v) is 0.823. The molecule has 0 unspecified atom stereocenters. The summed E-state index contributed by atoms with van der Waals surface area (Å²) in [5.41, 5.74) is 0. The Morgan fingerprint density at radius 3 is 0.677 bits per heavy atom. The van der Waals surface area contributed by atoms with E-state index in [4.69, 9.17) is 15.3 Å². The maximum Gasteiger partial charge on any atom is 0.448 e. The van der Waals surface area contributed by atoms with Crippen LogP contribution in [-0.2, 0) is 33.9 Å². The van der Waals surface area contributed by atoms with Crippen molar-refractivity contribution in [1.82, 2.24) is 0 Å². The summed E-state index contributed by atoms with van der Waals surface area (Å²) in [4.78, 5) is 29.9. The third-order valence-corrected chi connectivity index (χ3v) is 1.89. The smallest absolute Gasteiger partial charge is 0.448 e. The summed E-state index contributed by atoms with van der Waals surface area (Å²) < 4.78 is 102. The van der Waals surface area contributed by atoms with Crippen LogP contribution in [0.25, 0.3) is 0 Å². The van der Waals surface area contributed by atoms with Crippen LogP contribution in [0.3, 0.4) is 0 Å². The molecule has 0 aromatic carbocycles. The second-order valence-corrected chi connectivity index (χ2v) is 4.91. The third kappa shape index (κ3) is 23.8. The van der Waals surface area contributed by atoms with Crippen LogP contribution in [0, 0.1) is 0 Å². The Balaban J connectivity index is -0.000000174. The van der Waals surface area contributed by atoms with Crippen LogP contribution in [0.4, 0.5) is 39.5 Å². The Bertz CT molecular complexity index is 606. The first-order valence-electron chi connectivity index (χ1n) is 6.97. The molecule has 31 heavy (non-hydrogen) atoms. The normalized spacial score (nSPS) is 13.0. The zero-order valence-electron chi connectivity index (χ0n) is 15.5. The molecule has 0 aliphatic heterocycles. The number of carbonyl (C=O) groups excluding carboxylic acids is 3. The summed E-state index contributed by atoms with van der Waals surface area (Å²) in [6.07, 6.45) is -14.1. The molecule has 183 valence electrons. The Morgan fingerprint density at radius 1 is 0.516 bits per heavy atom. The minimum absolute atomic E-state index is 0. The molecule has 1 radical (unpaired) electrons. The molecule has 0 aromatic rings. The number of rotatable bonds is 3. The van der Waals surface area contributed by atoms with Gasteiger partial charge in [-0.15, -0.1) is 0 Å². The third-order valence-electron chi connectivity index (χ3n) is 1.89. The number of alkyl halides is 9. The molecule has 0 rings (SSSR count). The molecule has 3 N–H and O–H groups in total. The van der Waals surface area contributed by atoms with Crippen LogP contribution in [0.1, 0.15) is 20.8 Å². The molecule has 0 atom stereocenters. The van der Waals surface area contributed by atoms with Gasteiger partial charge in [-0.3, -0.25) is 14.4 Å². The van der Waals surface area contributed by atoms with Crippen LogP contribution in [0.2, 0.25) is 0 Å². The molecule has 6 nitrogen and oxygen atoms in total. The summed E-state index contributed by atoms with van der Waals surface area (Å²) in [7, 11) is 0. The molecular weight excluding hydrogens is 550 g/mol. The fraction of sp³-hybridized carbons (Fsp3) is 0.400. The van der Waals surface area contributed by atoms with Crippen molar-refractivity contribution in [1.29, 1.82) is 0 Å². The predicted molar refractivity (Wildman–Crippen MR) is 82.3 cm³/mol. The minimum Gasteiger partial charge on any atom is -0.504 e. The molecule has 0 saturated carbocycles. The summed E-state index contributed by atoms with van der Waals surface area (Å²) >= 11 is 0. The van der Waals surface area contributed by atoms with Crippen LogP contribution in [0.5, 0.6) is 0 Å². The molecule has 16 heteroatoms. The number of aliphatic hydroxyl groups is 3. The topological polar surface area (TPSA) is 112 Å². The summed E-state index contributed by atoms with van der Waals surface area (Å²) in [5, 5.41) is 24.2. The van der Waals surface area contributed by atoms with Crippen molar-refractivity contribution in [2.24, 2.45) is 0 Å². The Kier molecular flexibility index (Phi) is 17.0. The van der Waals surface area contributed by atoms with Gasteiger partial charge in [0, 0.05) is 37.7 Å². The van der Waals surface area contributed by atoms with Crippen molar-refractivity contribution in [2.75, 3.05) is 0 Å². The molecule has 0 aliphatic carbocycles. The number of allylic oxidation sites excluding steroid dienone is 6. The second kappa shape index (κ2) is 14.6. The van der Waals surface area contributed by atoms with Gasteiger partial charge in [-0.05, 0) is 20.8 Å². The van der Waals surface area contributed by atoms with Crippen LogP contribution < -0.4 is 0 Å². The summed E-state index contributed by atoms with van der Waals surface area (Å²) in [5.74, 6) is -8.10. The van der Waals surface area contributed by atoms with Crippen molar-refractivity contribution >= 4 is 17.3 Å². The van der Waals surface area contributed by atoms with Gasteiger partial charge in [-0.2, -0.15) is 39.5 Å². The van der Waals surface area contributed by atoms with E-state index in [1.165, 1.54) is 0 Å². The maximum atomic E-state index is 11.3. The van der Waals surface area contributed by atoms with Gasteiger partial charge in [-0.25, -0.2) is 0 Å². The fourth-order valence-electron chi connectivity index (χ4n) is 0.823. The van der Waals surface area contributed by atoms with E-state index in [9.17, 15) is 53.9 Å². The number of halogens is 9. The second-order valence-electron chi connectivity index (χ2n) is 4.91. The first kappa shape index (κ1) is 36.0. The number of aliphatic hydroxyl groups excluding tert-OH is 3. The first-order valence-corrected chi connectivity index (χ1v) is 6.97. The van der Waals surface area contributed by atoms with Gasteiger partial charge in [0.05, 0.1) is 0 Å². The summed E-state index contributed by atoms with van der Waals surface area (Å²) in [6, 6.07) is 0. The molecule has 0 saturated heterocycles. The van der Waals surface area contributed by atoms with E-state index in [1.807, 2.05) is 0 Å². The SMILES string of the molecule is CC(=O)/C=C(\O)C(F)(F)F.CC(=O)/C=C(\O)C(F)(F)F.CC(=O)/C=C(\O)C(F)(F)F.[Rh]. The van der Waals surface area contributed by atoms with E-state index < -0.39 is 53.2 Å². The number of carbonyl (C=O) groups is 3. The Hall–Kier alpha value is -2.38. The predicted octanol–water partition coefficient (Wildman–Crippen LogP) is 4.74. The van der Waals surface area contributed by atoms with Gasteiger partial charge < -0.3 is 15.3 Å². The van der Waals surface area contributed by atoms with E-state index in [-0.39, 0.29) is 37.7 Å². The zero-order chi connectivity index (χ0) is 25.1. The Morgan fingerprint density at radius 2 is 0.645 bits per heavy atom. The van der Waals surface area contributed by atoms with E-state index >= 15 is 0 Å². The molecule has 0 aliphatic rings. The van der Waals surface area contributed by atoms with Crippen LogP contribution in [-0.4, -0.2) is 51.2 Å². The standard InChI is InChI=1S/3C5H5F3O2.Rh/c3*1-3(9)2-4(10)5(6,7)8;/h3*2,10H,1H3;/b3*4-2-;. The zero-order valence-corrected chi connectivity index (χ0v) is 17.2. The molecule has 0 bridgehead atoms. The molecule has 0 fully saturated rings. The van der Waals surface area contributed by atoms with Gasteiger partial charge in [0.2, 0.25) is 17.3 Å². The molecule has 0 aromatic heterocycles. The maximum absolute atomic E-state index is 11.3. The summed E-state index contributed by atoms with van der Waals surface area (Å²) in [6.45, 7) is 2.76. The van der Waals surface area contributed by atoms with Gasteiger partial charge in [0.25, 0.3) is 0 Å². The van der Waals surface area contributed by atoms with E-state index in [0.717, 1.165) is 20.8 Å². The number of hydrogen-bond acceptors (Lipinski definition) is 6. The van der Waals surface area contributed by atoms with E-state index in [2.05, 4.69) is 0 Å². The molecule has 0 amide bonds. The average Bonchev–Trinajstić information content (AvgIpc) is 2.43. The van der Waals surface area contributed by atoms with Crippen LogP contribution >= 0.6 is 0 Å². The first-order chi connectivity index (χ1) is 13.0. The van der Waals surface area contributed by atoms with Crippen molar-refractivity contribution in [3.8, 4) is 0 Å². The number of hydrogen-bond donors (Lipinski definition) is 3. The van der Waals surface area contributed by atoms with E-state index in [1.54, 1.807) is 0 Å². The average molecular weight is 565 g/mol. The van der Waals surface area contributed by atoms with Gasteiger partial charge in [0.1, 0.15) is 0 Å². The van der Waals surface area contributed by atoms with Crippen molar-refractivity contribution in [3.63, 3.8) is 0 Å². The molecular formula is C15H15F9O6Rh. The molecule has 0 heterocycles. The van der Waals surface area contributed by atoms with Crippen molar-refractivity contribution in [3.05, 3.63) is 35.5 Å². The van der Waals surface area contributed by atoms with Gasteiger partial charge in [0.15, 0.2) is 17.3 Å². The largest absolute Gasteiger partial charge is 0.504 e. The quantitative estimate of drug-likeness (QED) is 0.198.